The molecule has 1 saturated heterocycles. The largest absolute Gasteiger partial charge is 0.490 e. The number of para-hydroxylation sites is 2. The summed E-state index contributed by atoms with van der Waals surface area (Å²) >= 11 is 0. The van der Waals surface area contributed by atoms with Gasteiger partial charge in [-0.3, -0.25) is 0 Å². The van der Waals surface area contributed by atoms with Crippen molar-refractivity contribution in [1.29, 1.82) is 0 Å². The summed E-state index contributed by atoms with van der Waals surface area (Å²) in [5.41, 5.74) is 0. The summed E-state index contributed by atoms with van der Waals surface area (Å²) in [5.74, 6) is 2.41. The minimum absolute atomic E-state index is 0.0798. The molecular weight excluding hydrogens is 328 g/mol. The summed E-state index contributed by atoms with van der Waals surface area (Å²) in [6.45, 7) is 4.90. The van der Waals surface area contributed by atoms with Gasteiger partial charge in [-0.25, -0.2) is 4.79 Å². The number of benzene rings is 1. The third-order valence-corrected chi connectivity index (χ3v) is 5.48. The maximum absolute atomic E-state index is 12.3. The fourth-order valence-electron chi connectivity index (χ4n) is 3.97. The molecule has 1 aromatic carbocycles. The predicted molar refractivity (Wildman–Crippen MR) is 103 cm³/mol. The molecule has 1 aromatic rings. The Kier molecular flexibility index (Phi) is 7.04. The molecule has 0 spiro atoms. The molecule has 26 heavy (non-hydrogen) atoms. The van der Waals surface area contributed by atoms with E-state index in [0.29, 0.717) is 6.61 Å². The molecule has 5 heteroatoms. The number of urea groups is 1. The Morgan fingerprint density at radius 3 is 2.50 bits per heavy atom. The lowest BCUT2D eigenvalue weighted by Crippen LogP contribution is -2.46. The number of likely N-dealkylation sites (tertiary alicyclic amines) is 1. The van der Waals surface area contributed by atoms with Crippen molar-refractivity contribution in [1.82, 2.24) is 10.2 Å². The molecule has 0 bridgehead atoms. The van der Waals surface area contributed by atoms with E-state index in [0.717, 1.165) is 56.3 Å². The van der Waals surface area contributed by atoms with Gasteiger partial charge in [0.05, 0.1) is 6.61 Å². The van der Waals surface area contributed by atoms with Crippen molar-refractivity contribution < 1.29 is 14.3 Å². The van der Waals surface area contributed by atoms with Crippen LogP contribution < -0.4 is 14.8 Å². The lowest BCUT2D eigenvalue weighted by Gasteiger charge is -2.32. The molecule has 2 aliphatic rings. The third-order valence-electron chi connectivity index (χ3n) is 5.48. The van der Waals surface area contributed by atoms with E-state index in [2.05, 4.69) is 5.32 Å². The topological polar surface area (TPSA) is 50.8 Å². The van der Waals surface area contributed by atoms with E-state index in [1.54, 1.807) is 0 Å². The number of carbonyl (C=O) groups is 1. The molecule has 3 rings (SSSR count). The molecule has 1 aliphatic carbocycles. The normalized spacial score (nSPS) is 18.7. The van der Waals surface area contributed by atoms with Crippen LogP contribution in [0.1, 0.15) is 51.9 Å². The first-order valence-corrected chi connectivity index (χ1v) is 10.2. The van der Waals surface area contributed by atoms with Gasteiger partial charge in [-0.05, 0) is 31.4 Å². The quantitative estimate of drug-likeness (QED) is 0.792. The van der Waals surface area contributed by atoms with Gasteiger partial charge in [0, 0.05) is 32.5 Å². The fourth-order valence-corrected chi connectivity index (χ4v) is 3.97. The van der Waals surface area contributed by atoms with Gasteiger partial charge in [0.2, 0.25) is 0 Å². The highest BCUT2D eigenvalue weighted by molar-refractivity contribution is 5.74. The number of hydrogen-bond acceptors (Lipinski definition) is 3. The SMILES string of the molecule is CCOc1ccccc1OC1CCN(C(=O)NCCC2CCCC2)CC1. The number of amides is 2. The first-order valence-electron chi connectivity index (χ1n) is 10.2. The Bertz CT molecular complexity index is 564. The zero-order valence-electron chi connectivity index (χ0n) is 15.9. The Morgan fingerprint density at radius 2 is 1.81 bits per heavy atom. The van der Waals surface area contributed by atoms with Gasteiger partial charge in [0.25, 0.3) is 0 Å². The highest BCUT2D eigenvalue weighted by atomic mass is 16.5. The number of rotatable bonds is 7. The molecule has 2 fully saturated rings. The second-order valence-electron chi connectivity index (χ2n) is 7.36. The molecule has 1 heterocycles. The average Bonchev–Trinajstić information content (AvgIpc) is 3.17. The van der Waals surface area contributed by atoms with Gasteiger partial charge in [-0.1, -0.05) is 37.8 Å². The molecule has 0 unspecified atom stereocenters. The van der Waals surface area contributed by atoms with Crippen molar-refractivity contribution >= 4 is 6.03 Å². The maximum atomic E-state index is 12.3. The molecule has 1 aliphatic heterocycles. The Labute approximate surface area is 157 Å². The molecular formula is C21H32N2O3. The summed E-state index contributed by atoms with van der Waals surface area (Å²) < 4.78 is 11.8. The molecule has 5 nitrogen and oxygen atoms in total. The summed E-state index contributed by atoms with van der Waals surface area (Å²) in [5, 5.41) is 3.10. The number of piperidine rings is 1. The van der Waals surface area contributed by atoms with Crippen molar-refractivity contribution in [3.8, 4) is 11.5 Å². The highest BCUT2D eigenvalue weighted by Gasteiger charge is 2.24. The van der Waals surface area contributed by atoms with Gasteiger partial charge >= 0.3 is 6.03 Å². The molecule has 2 amide bonds. The summed E-state index contributed by atoms with van der Waals surface area (Å²) in [6.07, 6.45) is 8.37. The van der Waals surface area contributed by atoms with Crippen molar-refractivity contribution in [3.63, 3.8) is 0 Å². The van der Waals surface area contributed by atoms with Crippen LogP contribution in [0.2, 0.25) is 0 Å². The van der Waals surface area contributed by atoms with E-state index in [9.17, 15) is 4.79 Å². The molecule has 1 N–H and O–H groups in total. The van der Waals surface area contributed by atoms with E-state index >= 15 is 0 Å². The number of ether oxygens (including phenoxy) is 2. The summed E-state index contributed by atoms with van der Waals surface area (Å²) in [6, 6.07) is 7.89. The smallest absolute Gasteiger partial charge is 0.317 e. The van der Waals surface area contributed by atoms with Crippen LogP contribution in [-0.2, 0) is 0 Å². The number of nitrogens with one attached hydrogen (secondary N) is 1. The fraction of sp³-hybridized carbons (Fsp3) is 0.667. The molecule has 0 aromatic heterocycles. The standard InChI is InChI=1S/C21H32N2O3/c1-2-25-19-9-5-6-10-20(19)26-18-12-15-23(16-13-18)21(24)22-14-11-17-7-3-4-8-17/h5-6,9-10,17-18H,2-4,7-8,11-16H2,1H3,(H,22,24). The second-order valence-corrected chi connectivity index (χ2v) is 7.36. The van der Waals surface area contributed by atoms with Crippen LogP contribution in [0.3, 0.4) is 0 Å². The van der Waals surface area contributed by atoms with Crippen LogP contribution in [0.25, 0.3) is 0 Å². The van der Waals surface area contributed by atoms with E-state index < -0.39 is 0 Å². The monoisotopic (exact) mass is 360 g/mol. The van der Waals surface area contributed by atoms with Crippen LogP contribution in [0.15, 0.2) is 24.3 Å². The Hall–Kier alpha value is -1.91. The number of hydrogen-bond donors (Lipinski definition) is 1. The van der Waals surface area contributed by atoms with Crippen LogP contribution >= 0.6 is 0 Å². The van der Waals surface area contributed by atoms with E-state index in [1.165, 1.54) is 25.7 Å². The first-order chi connectivity index (χ1) is 12.8. The molecule has 144 valence electrons. The van der Waals surface area contributed by atoms with Crippen molar-refractivity contribution in [3.05, 3.63) is 24.3 Å². The minimum Gasteiger partial charge on any atom is -0.490 e. The maximum Gasteiger partial charge on any atom is 0.317 e. The van der Waals surface area contributed by atoms with Gasteiger partial charge < -0.3 is 19.7 Å². The molecule has 0 atom stereocenters. The zero-order valence-corrected chi connectivity index (χ0v) is 15.9. The van der Waals surface area contributed by atoms with Crippen molar-refractivity contribution in [2.45, 2.75) is 58.0 Å². The lowest BCUT2D eigenvalue weighted by molar-refractivity contribution is 0.107. The minimum atomic E-state index is 0.0798. The van der Waals surface area contributed by atoms with Gasteiger partial charge in [-0.2, -0.15) is 0 Å². The molecule has 0 radical (unpaired) electrons. The number of carbonyl (C=O) groups excluding carboxylic acids is 1. The predicted octanol–water partition coefficient (Wildman–Crippen LogP) is 4.22. The van der Waals surface area contributed by atoms with Crippen molar-refractivity contribution in [2.24, 2.45) is 5.92 Å². The molecule has 1 saturated carbocycles. The highest BCUT2D eigenvalue weighted by Crippen LogP contribution is 2.29. The third kappa shape index (κ3) is 5.29. The number of nitrogens with zero attached hydrogens (tertiary/aromatic N) is 1. The average molecular weight is 360 g/mol. The van der Waals surface area contributed by atoms with Crippen LogP contribution in [0.5, 0.6) is 11.5 Å². The van der Waals surface area contributed by atoms with Gasteiger partial charge in [0.15, 0.2) is 11.5 Å². The van der Waals surface area contributed by atoms with Crippen molar-refractivity contribution in [2.75, 3.05) is 26.2 Å². The zero-order chi connectivity index (χ0) is 18.2. The second kappa shape index (κ2) is 9.70. The summed E-state index contributed by atoms with van der Waals surface area (Å²) in [7, 11) is 0. The Balaban J connectivity index is 1.39. The van der Waals surface area contributed by atoms with Crippen LogP contribution in [-0.4, -0.2) is 43.3 Å². The first kappa shape index (κ1) is 18.9. The van der Waals surface area contributed by atoms with E-state index in [4.69, 9.17) is 9.47 Å². The van der Waals surface area contributed by atoms with E-state index in [-0.39, 0.29) is 12.1 Å². The lowest BCUT2D eigenvalue weighted by atomic mass is 10.0. The van der Waals surface area contributed by atoms with Gasteiger partial charge in [-0.15, -0.1) is 0 Å². The summed E-state index contributed by atoms with van der Waals surface area (Å²) in [4.78, 5) is 14.2. The van der Waals surface area contributed by atoms with Crippen LogP contribution in [0, 0.1) is 5.92 Å². The van der Waals surface area contributed by atoms with Crippen LogP contribution in [0.4, 0.5) is 4.79 Å². The van der Waals surface area contributed by atoms with E-state index in [1.807, 2.05) is 36.1 Å². The van der Waals surface area contributed by atoms with Gasteiger partial charge in [0.1, 0.15) is 6.10 Å². The Morgan fingerprint density at radius 1 is 1.12 bits per heavy atom.